The van der Waals surface area contributed by atoms with Gasteiger partial charge in [0.1, 0.15) is 11.7 Å². The van der Waals surface area contributed by atoms with Crippen molar-refractivity contribution in [3.8, 4) is 0 Å². The van der Waals surface area contributed by atoms with Crippen LogP contribution in [0.15, 0.2) is 11.6 Å². The molecule has 1 fully saturated rings. The van der Waals surface area contributed by atoms with Gasteiger partial charge in [-0.05, 0) is 44.9 Å². The van der Waals surface area contributed by atoms with Crippen LogP contribution in [0.4, 0.5) is 0 Å². The first-order valence-electron chi connectivity index (χ1n) is 6.64. The summed E-state index contributed by atoms with van der Waals surface area (Å²) in [5.41, 5.74) is 1.03. The van der Waals surface area contributed by atoms with Crippen LogP contribution < -0.4 is 0 Å². The summed E-state index contributed by atoms with van der Waals surface area (Å²) in [4.78, 5) is 23.8. The molecule has 102 valence electrons. The fourth-order valence-electron chi connectivity index (χ4n) is 2.84. The van der Waals surface area contributed by atoms with Gasteiger partial charge < -0.3 is 4.74 Å². The fraction of sp³-hybridized carbons (Fsp3) is 0.733. The molecule has 1 aliphatic rings. The minimum absolute atomic E-state index is 0.0489. The normalized spacial score (nSPS) is 27.8. The largest absolute Gasteiger partial charge is 0.468 e. The maximum Gasteiger partial charge on any atom is 0.316 e. The predicted molar refractivity (Wildman–Crippen MR) is 71.1 cm³/mol. The quantitative estimate of drug-likeness (QED) is 0.438. The van der Waals surface area contributed by atoms with Gasteiger partial charge in [0.25, 0.3) is 0 Å². The second-order valence-corrected chi connectivity index (χ2v) is 5.75. The van der Waals surface area contributed by atoms with Crippen molar-refractivity contribution >= 4 is 11.8 Å². The van der Waals surface area contributed by atoms with E-state index in [1.165, 1.54) is 12.7 Å². The SMILES string of the molecule is COC(=O)C1C(=O)CCCC1(C)CCC=C(C)C. The number of carbonyl (C=O) groups is 2. The van der Waals surface area contributed by atoms with Gasteiger partial charge in [-0.25, -0.2) is 0 Å². The molecule has 0 N–H and O–H groups in total. The Labute approximate surface area is 110 Å². The zero-order valence-corrected chi connectivity index (χ0v) is 11.9. The number of allylic oxidation sites excluding steroid dienone is 2. The van der Waals surface area contributed by atoms with Crippen LogP contribution in [0, 0.1) is 11.3 Å². The van der Waals surface area contributed by atoms with Gasteiger partial charge in [0.2, 0.25) is 0 Å². The van der Waals surface area contributed by atoms with Gasteiger partial charge in [0, 0.05) is 6.42 Å². The van der Waals surface area contributed by atoms with Gasteiger partial charge in [0.15, 0.2) is 0 Å². The number of ether oxygens (including phenoxy) is 1. The van der Waals surface area contributed by atoms with E-state index in [1.807, 2.05) is 6.92 Å². The zero-order valence-electron chi connectivity index (χ0n) is 11.9. The molecule has 0 bridgehead atoms. The van der Waals surface area contributed by atoms with E-state index in [2.05, 4.69) is 19.9 Å². The first-order valence-corrected chi connectivity index (χ1v) is 6.64. The number of esters is 1. The Bertz CT molecular complexity index is 345. The van der Waals surface area contributed by atoms with E-state index in [-0.39, 0.29) is 17.2 Å². The highest BCUT2D eigenvalue weighted by molar-refractivity contribution is 6.00. The molecule has 1 aliphatic carbocycles. The monoisotopic (exact) mass is 252 g/mol. The lowest BCUT2D eigenvalue weighted by atomic mass is 9.64. The van der Waals surface area contributed by atoms with Gasteiger partial charge in [-0.3, -0.25) is 9.59 Å². The molecule has 0 spiro atoms. The number of rotatable bonds is 4. The number of carbonyl (C=O) groups excluding carboxylic acids is 2. The first-order chi connectivity index (χ1) is 8.40. The van der Waals surface area contributed by atoms with E-state index >= 15 is 0 Å². The zero-order chi connectivity index (χ0) is 13.8. The molecule has 0 saturated heterocycles. The summed E-state index contributed by atoms with van der Waals surface area (Å²) >= 11 is 0. The summed E-state index contributed by atoms with van der Waals surface area (Å²) in [6, 6.07) is 0. The van der Waals surface area contributed by atoms with Gasteiger partial charge in [-0.1, -0.05) is 18.6 Å². The maximum absolute atomic E-state index is 12.0. The summed E-state index contributed by atoms with van der Waals surface area (Å²) in [6.07, 6.45) is 6.27. The van der Waals surface area contributed by atoms with E-state index in [4.69, 9.17) is 4.74 Å². The number of hydrogen-bond acceptors (Lipinski definition) is 3. The lowest BCUT2D eigenvalue weighted by Gasteiger charge is -2.38. The van der Waals surface area contributed by atoms with Crippen molar-refractivity contribution in [2.45, 2.75) is 52.9 Å². The Morgan fingerprint density at radius 2 is 2.17 bits per heavy atom. The topological polar surface area (TPSA) is 43.4 Å². The van der Waals surface area contributed by atoms with Crippen LogP contribution in [-0.4, -0.2) is 18.9 Å². The number of ketones is 1. The van der Waals surface area contributed by atoms with Crippen molar-refractivity contribution in [2.75, 3.05) is 7.11 Å². The third-order valence-corrected chi connectivity index (χ3v) is 3.89. The van der Waals surface area contributed by atoms with E-state index in [0.717, 1.165) is 25.7 Å². The highest BCUT2D eigenvalue weighted by Gasteiger charge is 2.46. The number of Topliss-reactive ketones (excluding diaryl/α,β-unsaturated/α-hetero) is 1. The summed E-state index contributed by atoms with van der Waals surface area (Å²) in [5, 5.41) is 0. The third-order valence-electron chi connectivity index (χ3n) is 3.89. The van der Waals surface area contributed by atoms with Crippen LogP contribution in [0.5, 0.6) is 0 Å². The fourth-order valence-corrected chi connectivity index (χ4v) is 2.84. The molecule has 1 saturated carbocycles. The molecule has 2 atom stereocenters. The van der Waals surface area contributed by atoms with Crippen molar-refractivity contribution in [1.82, 2.24) is 0 Å². The van der Waals surface area contributed by atoms with E-state index < -0.39 is 5.92 Å². The summed E-state index contributed by atoms with van der Waals surface area (Å²) in [7, 11) is 1.36. The Morgan fingerprint density at radius 3 is 2.72 bits per heavy atom. The van der Waals surface area contributed by atoms with Crippen LogP contribution in [-0.2, 0) is 14.3 Å². The molecular formula is C15H24O3. The number of methoxy groups -OCH3 is 1. The minimum atomic E-state index is -0.568. The molecule has 0 aromatic carbocycles. The number of hydrogen-bond donors (Lipinski definition) is 0. The second-order valence-electron chi connectivity index (χ2n) is 5.75. The molecule has 0 amide bonds. The highest BCUT2D eigenvalue weighted by Crippen LogP contribution is 2.43. The van der Waals surface area contributed by atoms with Crippen molar-refractivity contribution in [2.24, 2.45) is 11.3 Å². The second kappa shape index (κ2) is 6.17. The van der Waals surface area contributed by atoms with Crippen LogP contribution in [0.2, 0.25) is 0 Å². The lowest BCUT2D eigenvalue weighted by molar-refractivity contribution is -0.157. The Hall–Kier alpha value is -1.12. The van der Waals surface area contributed by atoms with Crippen molar-refractivity contribution in [3.63, 3.8) is 0 Å². The Kier molecular flexibility index (Phi) is 5.12. The van der Waals surface area contributed by atoms with Gasteiger partial charge in [-0.15, -0.1) is 0 Å². The van der Waals surface area contributed by atoms with Crippen LogP contribution in [0.25, 0.3) is 0 Å². The van der Waals surface area contributed by atoms with Crippen molar-refractivity contribution in [1.29, 1.82) is 0 Å². The van der Waals surface area contributed by atoms with Crippen molar-refractivity contribution in [3.05, 3.63) is 11.6 Å². The standard InChI is InChI=1S/C15H24O3/c1-11(2)7-5-9-15(3)10-6-8-12(16)13(15)14(17)18-4/h7,13H,5-6,8-10H2,1-4H3. The summed E-state index contributed by atoms with van der Waals surface area (Å²) in [5.74, 6) is -0.881. The summed E-state index contributed by atoms with van der Waals surface area (Å²) < 4.78 is 4.81. The molecule has 0 aliphatic heterocycles. The predicted octanol–water partition coefficient (Wildman–Crippen LogP) is 3.28. The molecule has 1 rings (SSSR count). The average molecular weight is 252 g/mol. The molecule has 0 aromatic heterocycles. The van der Waals surface area contributed by atoms with Gasteiger partial charge >= 0.3 is 5.97 Å². The molecular weight excluding hydrogens is 228 g/mol. The first kappa shape index (κ1) is 14.9. The van der Waals surface area contributed by atoms with E-state index in [1.54, 1.807) is 0 Å². The van der Waals surface area contributed by atoms with Crippen LogP contribution >= 0.6 is 0 Å². The van der Waals surface area contributed by atoms with Crippen molar-refractivity contribution < 1.29 is 14.3 Å². The summed E-state index contributed by atoms with van der Waals surface area (Å²) in [6.45, 7) is 6.17. The molecule has 2 unspecified atom stereocenters. The van der Waals surface area contributed by atoms with Crippen LogP contribution in [0.1, 0.15) is 52.9 Å². The highest BCUT2D eigenvalue weighted by atomic mass is 16.5. The lowest BCUT2D eigenvalue weighted by Crippen LogP contribution is -2.43. The molecule has 3 heteroatoms. The third kappa shape index (κ3) is 3.44. The molecule has 0 heterocycles. The smallest absolute Gasteiger partial charge is 0.316 e. The van der Waals surface area contributed by atoms with Gasteiger partial charge in [-0.2, -0.15) is 0 Å². The van der Waals surface area contributed by atoms with Gasteiger partial charge in [0.05, 0.1) is 7.11 Å². The molecule has 3 nitrogen and oxygen atoms in total. The molecule has 0 aromatic rings. The molecule has 18 heavy (non-hydrogen) atoms. The average Bonchev–Trinajstić information content (AvgIpc) is 2.27. The Morgan fingerprint density at radius 1 is 1.50 bits per heavy atom. The minimum Gasteiger partial charge on any atom is -0.468 e. The Balaban J connectivity index is 2.82. The molecule has 0 radical (unpaired) electrons. The van der Waals surface area contributed by atoms with E-state index in [0.29, 0.717) is 6.42 Å². The van der Waals surface area contributed by atoms with E-state index in [9.17, 15) is 9.59 Å². The van der Waals surface area contributed by atoms with Crippen LogP contribution in [0.3, 0.4) is 0 Å². The maximum atomic E-state index is 12.0.